The van der Waals surface area contributed by atoms with Gasteiger partial charge in [-0.2, -0.15) is 0 Å². The van der Waals surface area contributed by atoms with E-state index in [1.165, 1.54) is 0 Å². The van der Waals surface area contributed by atoms with E-state index < -0.39 is 6.10 Å². The van der Waals surface area contributed by atoms with Crippen LogP contribution in [0.4, 0.5) is 0 Å². The van der Waals surface area contributed by atoms with Crippen LogP contribution in [0, 0.1) is 0 Å². The molecule has 1 saturated carbocycles. The molecule has 1 rings (SSSR count). The Kier molecular flexibility index (Phi) is 5.37. The van der Waals surface area contributed by atoms with Crippen molar-refractivity contribution in [2.75, 3.05) is 0 Å². The molecule has 0 amide bonds. The smallest absolute Gasteiger partial charge is 0.306 e. The van der Waals surface area contributed by atoms with Crippen LogP contribution in [0.25, 0.3) is 0 Å². The van der Waals surface area contributed by atoms with Crippen LogP contribution in [-0.4, -0.2) is 17.9 Å². The van der Waals surface area contributed by atoms with Crippen LogP contribution in [0.1, 0.15) is 58.3 Å². The van der Waals surface area contributed by atoms with Gasteiger partial charge in [0.2, 0.25) is 0 Å². The molecule has 1 aliphatic rings. The number of ketones is 1. The minimum Gasteiger partial charge on any atom is -0.454 e. The van der Waals surface area contributed by atoms with Crippen molar-refractivity contribution in [1.82, 2.24) is 0 Å². The maximum atomic E-state index is 11.3. The van der Waals surface area contributed by atoms with Gasteiger partial charge in [0.15, 0.2) is 11.9 Å². The molecule has 1 aliphatic carbocycles. The van der Waals surface area contributed by atoms with Crippen LogP contribution in [0.5, 0.6) is 0 Å². The Balaban J connectivity index is 2.10. The van der Waals surface area contributed by atoms with Gasteiger partial charge in [-0.3, -0.25) is 9.59 Å². The van der Waals surface area contributed by atoms with Crippen molar-refractivity contribution in [3.05, 3.63) is 0 Å². The second kappa shape index (κ2) is 6.59. The number of hydrogen-bond acceptors (Lipinski definition) is 3. The number of esters is 1. The summed E-state index contributed by atoms with van der Waals surface area (Å²) in [5, 5.41) is 0. The molecule has 1 fully saturated rings. The highest BCUT2D eigenvalue weighted by molar-refractivity contribution is 5.87. The van der Waals surface area contributed by atoms with Crippen molar-refractivity contribution in [3.8, 4) is 0 Å². The molecule has 0 radical (unpaired) electrons. The summed E-state index contributed by atoms with van der Waals surface area (Å²) in [7, 11) is 0. The Morgan fingerprint density at radius 1 is 1.40 bits per heavy atom. The SMILES string of the molecule is CCCCCCC(=O)OC1CCCC1=O. The van der Waals surface area contributed by atoms with Crippen LogP contribution in [0.2, 0.25) is 0 Å². The Morgan fingerprint density at radius 2 is 2.20 bits per heavy atom. The molecule has 15 heavy (non-hydrogen) atoms. The zero-order valence-corrected chi connectivity index (χ0v) is 9.46. The Hall–Kier alpha value is -0.860. The lowest BCUT2D eigenvalue weighted by atomic mass is 10.1. The van der Waals surface area contributed by atoms with Crippen LogP contribution in [-0.2, 0) is 14.3 Å². The molecule has 0 aromatic carbocycles. The van der Waals surface area contributed by atoms with Crippen molar-refractivity contribution in [2.45, 2.75) is 64.4 Å². The van der Waals surface area contributed by atoms with E-state index in [4.69, 9.17) is 4.74 Å². The van der Waals surface area contributed by atoms with Gasteiger partial charge in [-0.1, -0.05) is 26.2 Å². The lowest BCUT2D eigenvalue weighted by Crippen LogP contribution is -2.21. The Bertz CT molecular complexity index is 223. The summed E-state index contributed by atoms with van der Waals surface area (Å²) < 4.78 is 5.12. The normalized spacial score (nSPS) is 20.6. The van der Waals surface area contributed by atoms with E-state index in [1.54, 1.807) is 0 Å². The first kappa shape index (κ1) is 12.2. The molecule has 0 spiro atoms. The molecule has 86 valence electrons. The first-order valence-corrected chi connectivity index (χ1v) is 5.96. The molecule has 1 atom stereocenters. The number of carbonyl (C=O) groups excluding carboxylic acids is 2. The van der Waals surface area contributed by atoms with Gasteiger partial charge in [-0.25, -0.2) is 0 Å². The molecular weight excluding hydrogens is 192 g/mol. The number of rotatable bonds is 6. The van der Waals surface area contributed by atoms with Gasteiger partial charge in [0, 0.05) is 12.8 Å². The molecule has 3 heteroatoms. The predicted octanol–water partition coefficient (Wildman–Crippen LogP) is 2.62. The summed E-state index contributed by atoms with van der Waals surface area (Å²) in [6.07, 6.45) is 6.48. The third-order valence-electron chi connectivity index (χ3n) is 2.76. The average Bonchev–Trinajstić information content (AvgIpc) is 2.59. The van der Waals surface area contributed by atoms with E-state index in [0.29, 0.717) is 12.8 Å². The largest absolute Gasteiger partial charge is 0.454 e. The second-order valence-electron chi connectivity index (χ2n) is 4.15. The third-order valence-corrected chi connectivity index (χ3v) is 2.76. The molecule has 0 heterocycles. The first-order valence-electron chi connectivity index (χ1n) is 5.96. The highest BCUT2D eigenvalue weighted by Crippen LogP contribution is 2.18. The zero-order chi connectivity index (χ0) is 11.1. The summed E-state index contributed by atoms with van der Waals surface area (Å²) in [5.41, 5.74) is 0. The lowest BCUT2D eigenvalue weighted by molar-refractivity contribution is -0.153. The third kappa shape index (κ3) is 4.45. The predicted molar refractivity (Wildman–Crippen MR) is 57.5 cm³/mol. The van der Waals surface area contributed by atoms with Gasteiger partial charge in [-0.05, 0) is 19.3 Å². The van der Waals surface area contributed by atoms with Crippen LogP contribution in [0.15, 0.2) is 0 Å². The highest BCUT2D eigenvalue weighted by atomic mass is 16.5. The fourth-order valence-electron chi connectivity index (χ4n) is 1.82. The molecule has 1 unspecified atom stereocenters. The molecule has 0 saturated heterocycles. The second-order valence-corrected chi connectivity index (χ2v) is 4.15. The molecule has 0 aromatic rings. The molecule has 0 aliphatic heterocycles. The van der Waals surface area contributed by atoms with Gasteiger partial charge in [0.05, 0.1) is 0 Å². The van der Waals surface area contributed by atoms with Crippen molar-refractivity contribution in [1.29, 1.82) is 0 Å². The van der Waals surface area contributed by atoms with Crippen molar-refractivity contribution in [3.63, 3.8) is 0 Å². The topological polar surface area (TPSA) is 43.4 Å². The van der Waals surface area contributed by atoms with Gasteiger partial charge in [0.1, 0.15) is 0 Å². The van der Waals surface area contributed by atoms with Gasteiger partial charge < -0.3 is 4.74 Å². The van der Waals surface area contributed by atoms with Crippen molar-refractivity contribution in [2.24, 2.45) is 0 Å². The average molecular weight is 212 g/mol. The van der Waals surface area contributed by atoms with E-state index in [2.05, 4.69) is 6.92 Å². The fourth-order valence-corrected chi connectivity index (χ4v) is 1.82. The van der Waals surface area contributed by atoms with Gasteiger partial charge >= 0.3 is 5.97 Å². The highest BCUT2D eigenvalue weighted by Gasteiger charge is 2.27. The fraction of sp³-hybridized carbons (Fsp3) is 0.833. The van der Waals surface area contributed by atoms with E-state index in [0.717, 1.165) is 38.5 Å². The summed E-state index contributed by atoms with van der Waals surface area (Å²) >= 11 is 0. The maximum Gasteiger partial charge on any atom is 0.306 e. The summed E-state index contributed by atoms with van der Waals surface area (Å²) in [6.45, 7) is 2.13. The molecular formula is C12H20O3. The minimum absolute atomic E-state index is 0.0944. The number of ether oxygens (including phenoxy) is 1. The Labute approximate surface area is 91.2 Å². The van der Waals surface area contributed by atoms with Crippen molar-refractivity contribution < 1.29 is 14.3 Å². The molecule has 3 nitrogen and oxygen atoms in total. The van der Waals surface area contributed by atoms with E-state index in [9.17, 15) is 9.59 Å². The van der Waals surface area contributed by atoms with E-state index >= 15 is 0 Å². The quantitative estimate of drug-likeness (QED) is 0.502. The van der Waals surface area contributed by atoms with Crippen LogP contribution in [0.3, 0.4) is 0 Å². The maximum absolute atomic E-state index is 11.3. The molecule has 0 N–H and O–H groups in total. The summed E-state index contributed by atoms with van der Waals surface area (Å²) in [6, 6.07) is 0. The van der Waals surface area contributed by atoms with Crippen molar-refractivity contribution >= 4 is 11.8 Å². The number of hydrogen-bond donors (Lipinski definition) is 0. The number of Topliss-reactive ketones (excluding diaryl/α,β-unsaturated/α-hetero) is 1. The summed E-state index contributed by atoms with van der Waals surface area (Å²) in [4.78, 5) is 22.5. The Morgan fingerprint density at radius 3 is 2.80 bits per heavy atom. The van der Waals surface area contributed by atoms with E-state index in [-0.39, 0.29) is 11.8 Å². The van der Waals surface area contributed by atoms with Gasteiger partial charge in [0.25, 0.3) is 0 Å². The molecule has 0 bridgehead atoms. The zero-order valence-electron chi connectivity index (χ0n) is 9.46. The number of carbonyl (C=O) groups is 2. The lowest BCUT2D eigenvalue weighted by Gasteiger charge is -2.09. The number of unbranched alkanes of at least 4 members (excludes halogenated alkanes) is 3. The summed E-state index contributed by atoms with van der Waals surface area (Å²) in [5.74, 6) is -0.108. The first-order chi connectivity index (χ1) is 7.24. The minimum atomic E-state index is -0.427. The van der Waals surface area contributed by atoms with Gasteiger partial charge in [-0.15, -0.1) is 0 Å². The van der Waals surface area contributed by atoms with E-state index in [1.807, 2.05) is 0 Å². The molecule has 0 aromatic heterocycles. The van der Waals surface area contributed by atoms with Crippen LogP contribution < -0.4 is 0 Å². The monoisotopic (exact) mass is 212 g/mol. The standard InChI is InChI=1S/C12H20O3/c1-2-3-4-5-9-12(14)15-11-8-6-7-10(11)13/h11H,2-9H2,1H3. The van der Waals surface area contributed by atoms with Crippen LogP contribution >= 0.6 is 0 Å².